The summed E-state index contributed by atoms with van der Waals surface area (Å²) in [6.07, 6.45) is 3.31. The first-order valence-corrected chi connectivity index (χ1v) is 6.25. The summed E-state index contributed by atoms with van der Waals surface area (Å²) in [7, 11) is 1.63. The minimum absolute atomic E-state index is 0.0672. The van der Waals surface area contributed by atoms with E-state index in [0.29, 0.717) is 18.1 Å². The van der Waals surface area contributed by atoms with Gasteiger partial charge in [0.15, 0.2) is 0 Å². The van der Waals surface area contributed by atoms with Crippen molar-refractivity contribution in [2.24, 2.45) is 7.05 Å². The number of carbonyl (C=O) groups is 1. The van der Waals surface area contributed by atoms with Gasteiger partial charge in [0.2, 0.25) is 0 Å². The van der Waals surface area contributed by atoms with Crippen molar-refractivity contribution >= 4 is 23.2 Å². The van der Waals surface area contributed by atoms with Crippen molar-refractivity contribution in [2.75, 3.05) is 12.4 Å². The molecule has 0 radical (unpaired) electrons. The van der Waals surface area contributed by atoms with Gasteiger partial charge in [0.1, 0.15) is 5.69 Å². The second-order valence-electron chi connectivity index (χ2n) is 4.37. The zero-order chi connectivity index (χ0) is 13.3. The van der Waals surface area contributed by atoms with Gasteiger partial charge in [0.05, 0.1) is 11.1 Å². The third-order valence-corrected chi connectivity index (χ3v) is 3.16. The molecule has 0 spiro atoms. The van der Waals surface area contributed by atoms with Gasteiger partial charge in [-0.1, -0.05) is 0 Å². The zero-order valence-corrected chi connectivity index (χ0v) is 10.8. The molecule has 7 heteroatoms. The van der Waals surface area contributed by atoms with Gasteiger partial charge < -0.3 is 9.47 Å². The molecule has 98 valence electrons. The Hall–Kier alpha value is -1.56. The van der Waals surface area contributed by atoms with Gasteiger partial charge >= 0.3 is 0 Å². The third-order valence-electron chi connectivity index (χ3n) is 2.99. The van der Waals surface area contributed by atoms with Crippen LogP contribution in [0.1, 0.15) is 23.3 Å². The van der Waals surface area contributed by atoms with Gasteiger partial charge in [-0.15, -0.1) is 11.6 Å². The number of carbonyl (C=O) groups excluding carboxylic acids is 1. The fraction of sp³-hybridized carbons (Fsp3) is 0.545. The summed E-state index contributed by atoms with van der Waals surface area (Å²) >= 11 is 5.69. The lowest BCUT2D eigenvalue weighted by Gasteiger charge is -2.21. The SMILES string of the molecule is Cn1cc([N+](=O)[O-])cc1C(=O)N(CCCl)C1CC1. The van der Waals surface area contributed by atoms with Crippen molar-refractivity contribution < 1.29 is 9.72 Å². The van der Waals surface area contributed by atoms with Crippen LogP contribution in [0.2, 0.25) is 0 Å². The molecule has 0 bridgehead atoms. The highest BCUT2D eigenvalue weighted by molar-refractivity contribution is 6.18. The lowest BCUT2D eigenvalue weighted by Crippen LogP contribution is -2.35. The van der Waals surface area contributed by atoms with Crippen LogP contribution in [0.4, 0.5) is 5.69 Å². The first kappa shape index (κ1) is 12.9. The van der Waals surface area contributed by atoms with Crippen molar-refractivity contribution in [1.82, 2.24) is 9.47 Å². The summed E-state index contributed by atoms with van der Waals surface area (Å²) in [6, 6.07) is 1.55. The molecule has 0 aromatic carbocycles. The van der Waals surface area contributed by atoms with Crippen LogP contribution in [0, 0.1) is 10.1 Å². The van der Waals surface area contributed by atoms with Gasteiger partial charge in [-0.2, -0.15) is 0 Å². The number of hydrogen-bond donors (Lipinski definition) is 0. The highest BCUT2D eigenvalue weighted by atomic mass is 35.5. The highest BCUT2D eigenvalue weighted by Gasteiger charge is 2.34. The summed E-state index contributed by atoms with van der Waals surface area (Å²) in [5, 5.41) is 10.7. The number of aromatic nitrogens is 1. The summed E-state index contributed by atoms with van der Waals surface area (Å²) in [5.41, 5.74) is 0.265. The van der Waals surface area contributed by atoms with E-state index in [4.69, 9.17) is 11.6 Å². The van der Waals surface area contributed by atoms with Crippen molar-refractivity contribution in [3.8, 4) is 0 Å². The van der Waals surface area contributed by atoms with Crippen LogP contribution in [-0.2, 0) is 7.05 Å². The number of aryl methyl sites for hydroxylation is 1. The van der Waals surface area contributed by atoms with E-state index in [9.17, 15) is 14.9 Å². The van der Waals surface area contributed by atoms with Gasteiger partial charge in [0, 0.05) is 31.6 Å². The maximum atomic E-state index is 12.3. The molecule has 6 nitrogen and oxygen atoms in total. The Balaban J connectivity index is 2.23. The number of hydrogen-bond acceptors (Lipinski definition) is 3. The summed E-state index contributed by atoms with van der Waals surface area (Å²) in [5.74, 6) is 0.183. The quantitative estimate of drug-likeness (QED) is 0.466. The van der Waals surface area contributed by atoms with Crippen LogP contribution in [0.5, 0.6) is 0 Å². The highest BCUT2D eigenvalue weighted by Crippen LogP contribution is 2.29. The van der Waals surface area contributed by atoms with Gasteiger partial charge in [-0.25, -0.2) is 0 Å². The molecule has 1 aliphatic rings. The van der Waals surface area contributed by atoms with Crippen LogP contribution in [0.15, 0.2) is 12.3 Å². The van der Waals surface area contributed by atoms with E-state index >= 15 is 0 Å². The molecular weight excluding hydrogens is 258 g/mol. The predicted octanol–water partition coefficient (Wildman–Crippen LogP) is 1.78. The molecule has 1 aromatic heterocycles. The largest absolute Gasteiger partial charge is 0.340 e. The minimum atomic E-state index is -0.500. The molecule has 0 atom stereocenters. The number of rotatable bonds is 5. The molecule has 1 saturated carbocycles. The van der Waals surface area contributed by atoms with Crippen molar-refractivity contribution in [3.63, 3.8) is 0 Å². The van der Waals surface area contributed by atoms with Crippen molar-refractivity contribution in [2.45, 2.75) is 18.9 Å². The van der Waals surface area contributed by atoms with Crippen molar-refractivity contribution in [3.05, 3.63) is 28.1 Å². The Bertz CT molecular complexity index is 482. The van der Waals surface area contributed by atoms with E-state index in [-0.39, 0.29) is 17.6 Å². The molecule has 0 N–H and O–H groups in total. The lowest BCUT2D eigenvalue weighted by molar-refractivity contribution is -0.384. The summed E-state index contributed by atoms with van der Waals surface area (Å²) in [6.45, 7) is 0.476. The van der Waals surface area contributed by atoms with E-state index in [2.05, 4.69) is 0 Å². The van der Waals surface area contributed by atoms with Crippen LogP contribution >= 0.6 is 11.6 Å². The molecular formula is C11H14ClN3O3. The Kier molecular flexibility index (Phi) is 3.56. The summed E-state index contributed by atoms with van der Waals surface area (Å²) < 4.78 is 1.49. The zero-order valence-electron chi connectivity index (χ0n) is 10.0. The van der Waals surface area contributed by atoms with E-state index in [1.54, 1.807) is 11.9 Å². The molecule has 1 amide bonds. The maximum absolute atomic E-state index is 12.3. The topological polar surface area (TPSA) is 68.4 Å². The van der Waals surface area contributed by atoms with Gasteiger partial charge in [-0.3, -0.25) is 14.9 Å². The first-order valence-electron chi connectivity index (χ1n) is 5.72. The Labute approximate surface area is 109 Å². The summed E-state index contributed by atoms with van der Waals surface area (Å²) in [4.78, 5) is 24.2. The second-order valence-corrected chi connectivity index (χ2v) is 4.75. The fourth-order valence-corrected chi connectivity index (χ4v) is 2.12. The number of halogens is 1. The van der Waals surface area contributed by atoms with E-state index in [1.165, 1.54) is 16.8 Å². The monoisotopic (exact) mass is 271 g/mol. The number of nitrogens with zero attached hydrogens (tertiary/aromatic N) is 3. The number of nitro groups is 1. The van der Waals surface area contributed by atoms with Crippen LogP contribution in [0.25, 0.3) is 0 Å². The number of alkyl halides is 1. The second kappa shape index (κ2) is 4.97. The average Bonchev–Trinajstić information content (AvgIpc) is 3.07. The molecule has 1 aromatic rings. The molecule has 1 fully saturated rings. The molecule has 0 saturated heterocycles. The van der Waals surface area contributed by atoms with Crippen LogP contribution < -0.4 is 0 Å². The smallest absolute Gasteiger partial charge is 0.287 e. The number of amides is 1. The van der Waals surface area contributed by atoms with E-state index < -0.39 is 4.92 Å². The Morgan fingerprint density at radius 2 is 2.33 bits per heavy atom. The predicted molar refractivity (Wildman–Crippen MR) is 66.8 cm³/mol. The molecule has 2 rings (SSSR count). The third kappa shape index (κ3) is 2.48. The van der Waals surface area contributed by atoms with Gasteiger partial charge in [-0.05, 0) is 12.8 Å². The minimum Gasteiger partial charge on any atom is -0.340 e. The van der Waals surface area contributed by atoms with E-state index in [0.717, 1.165) is 12.8 Å². The molecule has 18 heavy (non-hydrogen) atoms. The van der Waals surface area contributed by atoms with E-state index in [1.807, 2.05) is 0 Å². The fourth-order valence-electron chi connectivity index (χ4n) is 1.93. The van der Waals surface area contributed by atoms with Crippen molar-refractivity contribution in [1.29, 1.82) is 0 Å². The standard InChI is InChI=1S/C11H14ClN3O3/c1-13-7-9(15(17)18)6-10(13)11(16)14(5-4-12)8-2-3-8/h6-8H,2-5H2,1H3. The Morgan fingerprint density at radius 3 is 2.78 bits per heavy atom. The van der Waals surface area contributed by atoms with Gasteiger partial charge in [0.25, 0.3) is 11.6 Å². The molecule has 1 aliphatic carbocycles. The average molecular weight is 272 g/mol. The molecule has 0 aliphatic heterocycles. The lowest BCUT2D eigenvalue weighted by atomic mass is 10.3. The van der Waals surface area contributed by atoms with Crippen LogP contribution in [0.3, 0.4) is 0 Å². The Morgan fingerprint density at radius 1 is 1.67 bits per heavy atom. The normalized spacial score (nSPS) is 14.6. The molecule has 0 unspecified atom stereocenters. The molecule has 1 heterocycles. The first-order chi connectivity index (χ1) is 8.54. The van der Waals surface area contributed by atoms with Crippen LogP contribution in [-0.4, -0.2) is 38.8 Å². The maximum Gasteiger partial charge on any atom is 0.287 e.